The first kappa shape index (κ1) is 11.0. The molecule has 0 unspecified atom stereocenters. The number of rotatable bonds is 6. The van der Waals surface area contributed by atoms with E-state index in [2.05, 4.69) is 5.32 Å². The molecular weight excluding hydrogens is 164 g/mol. The summed E-state index contributed by atoms with van der Waals surface area (Å²) in [6.07, 6.45) is 4.75. The Balaban J connectivity index is 1.86. The van der Waals surface area contributed by atoms with Crippen LogP contribution >= 0.6 is 0 Å². The Bertz CT molecular complexity index is 113. The monoisotopic (exact) mass is 186 g/mol. The van der Waals surface area contributed by atoms with E-state index in [1.165, 1.54) is 12.8 Å². The summed E-state index contributed by atoms with van der Waals surface area (Å²) in [6.45, 7) is 4.96. The molecule has 3 N–H and O–H groups in total. The lowest BCUT2D eigenvalue weighted by atomic mass is 9.99. The minimum absolute atomic E-state index is 0.788. The van der Waals surface area contributed by atoms with Crippen LogP contribution in [0.5, 0.6) is 0 Å². The Morgan fingerprint density at radius 3 is 2.69 bits per heavy atom. The molecule has 0 radical (unpaired) electrons. The minimum Gasteiger partial charge on any atom is -0.381 e. The Hall–Kier alpha value is -0.120. The van der Waals surface area contributed by atoms with Gasteiger partial charge in [0.25, 0.3) is 0 Å². The second kappa shape index (κ2) is 7.30. The van der Waals surface area contributed by atoms with E-state index in [4.69, 9.17) is 10.5 Å². The lowest BCUT2D eigenvalue weighted by Gasteiger charge is -2.22. The topological polar surface area (TPSA) is 47.3 Å². The Morgan fingerprint density at radius 1 is 1.23 bits per heavy atom. The fourth-order valence-electron chi connectivity index (χ4n) is 1.65. The Labute approximate surface area is 81.0 Å². The summed E-state index contributed by atoms with van der Waals surface area (Å²) in [5.74, 6) is 0.791. The number of piperidine rings is 1. The van der Waals surface area contributed by atoms with Crippen LogP contribution in [0.3, 0.4) is 0 Å². The van der Waals surface area contributed by atoms with Gasteiger partial charge in [0.2, 0.25) is 0 Å². The standard InChI is InChI=1S/C10H22N2O/c11-5-1-2-8-13-9-10-3-6-12-7-4-10/h10,12H,1-9,11H2. The predicted molar refractivity (Wildman–Crippen MR) is 54.7 cm³/mol. The molecule has 0 spiro atoms. The van der Waals surface area contributed by atoms with Crippen molar-refractivity contribution in [2.45, 2.75) is 25.7 Å². The van der Waals surface area contributed by atoms with Crippen molar-refractivity contribution in [1.82, 2.24) is 5.32 Å². The third kappa shape index (κ3) is 5.24. The maximum absolute atomic E-state index is 5.59. The van der Waals surface area contributed by atoms with E-state index in [1.807, 2.05) is 0 Å². The van der Waals surface area contributed by atoms with Crippen molar-refractivity contribution in [3.05, 3.63) is 0 Å². The fraction of sp³-hybridized carbons (Fsp3) is 1.00. The maximum Gasteiger partial charge on any atom is 0.0495 e. The van der Waals surface area contributed by atoms with Crippen molar-refractivity contribution >= 4 is 0 Å². The van der Waals surface area contributed by atoms with Gasteiger partial charge in [-0.1, -0.05) is 0 Å². The normalized spacial score (nSPS) is 19.2. The smallest absolute Gasteiger partial charge is 0.0495 e. The zero-order chi connectivity index (χ0) is 9.36. The van der Waals surface area contributed by atoms with Crippen LogP contribution in [0.1, 0.15) is 25.7 Å². The first-order chi connectivity index (χ1) is 6.43. The fourth-order valence-corrected chi connectivity index (χ4v) is 1.65. The molecule has 1 aliphatic heterocycles. The largest absolute Gasteiger partial charge is 0.381 e. The van der Waals surface area contributed by atoms with E-state index in [9.17, 15) is 0 Å². The number of hydrogen-bond acceptors (Lipinski definition) is 3. The van der Waals surface area contributed by atoms with E-state index in [-0.39, 0.29) is 0 Å². The van der Waals surface area contributed by atoms with Gasteiger partial charge >= 0.3 is 0 Å². The van der Waals surface area contributed by atoms with E-state index in [0.717, 1.165) is 51.6 Å². The highest BCUT2D eigenvalue weighted by Crippen LogP contribution is 2.11. The van der Waals surface area contributed by atoms with Gasteiger partial charge in [0.05, 0.1) is 0 Å². The highest BCUT2D eigenvalue weighted by atomic mass is 16.5. The van der Waals surface area contributed by atoms with Crippen LogP contribution in [0, 0.1) is 5.92 Å². The minimum atomic E-state index is 0.788. The molecule has 0 saturated carbocycles. The van der Waals surface area contributed by atoms with Gasteiger partial charge in [0.15, 0.2) is 0 Å². The van der Waals surface area contributed by atoms with Crippen molar-refractivity contribution in [2.24, 2.45) is 11.7 Å². The first-order valence-corrected chi connectivity index (χ1v) is 5.42. The molecule has 0 bridgehead atoms. The molecule has 0 amide bonds. The SMILES string of the molecule is NCCCCOCC1CCNCC1. The van der Waals surface area contributed by atoms with Crippen LogP contribution in [-0.2, 0) is 4.74 Å². The lowest BCUT2D eigenvalue weighted by molar-refractivity contribution is 0.0856. The van der Waals surface area contributed by atoms with Crippen molar-refractivity contribution in [3.8, 4) is 0 Å². The van der Waals surface area contributed by atoms with Crippen LogP contribution in [0.25, 0.3) is 0 Å². The molecular formula is C10H22N2O. The molecule has 1 saturated heterocycles. The van der Waals surface area contributed by atoms with Crippen LogP contribution in [0.4, 0.5) is 0 Å². The van der Waals surface area contributed by atoms with E-state index < -0.39 is 0 Å². The molecule has 0 aromatic heterocycles. The van der Waals surface area contributed by atoms with Crippen LogP contribution < -0.4 is 11.1 Å². The quantitative estimate of drug-likeness (QED) is 0.602. The van der Waals surface area contributed by atoms with Gasteiger partial charge in [-0.15, -0.1) is 0 Å². The zero-order valence-corrected chi connectivity index (χ0v) is 8.43. The molecule has 0 aliphatic carbocycles. The summed E-state index contributed by atoms with van der Waals surface area (Å²) in [5.41, 5.74) is 5.39. The van der Waals surface area contributed by atoms with E-state index in [0.29, 0.717) is 0 Å². The number of nitrogens with one attached hydrogen (secondary N) is 1. The summed E-state index contributed by atoms with van der Waals surface area (Å²) >= 11 is 0. The highest BCUT2D eigenvalue weighted by molar-refractivity contribution is 4.67. The van der Waals surface area contributed by atoms with Gasteiger partial charge in [0.1, 0.15) is 0 Å². The molecule has 3 heteroatoms. The predicted octanol–water partition coefficient (Wildman–Crippen LogP) is 0.742. The van der Waals surface area contributed by atoms with Crippen molar-refractivity contribution in [2.75, 3.05) is 32.8 Å². The van der Waals surface area contributed by atoms with E-state index in [1.54, 1.807) is 0 Å². The molecule has 1 fully saturated rings. The van der Waals surface area contributed by atoms with Crippen molar-refractivity contribution < 1.29 is 4.74 Å². The van der Waals surface area contributed by atoms with E-state index >= 15 is 0 Å². The summed E-state index contributed by atoms with van der Waals surface area (Å²) in [4.78, 5) is 0. The number of unbranched alkanes of at least 4 members (excludes halogenated alkanes) is 1. The van der Waals surface area contributed by atoms with Crippen LogP contribution in [0.15, 0.2) is 0 Å². The Kier molecular flexibility index (Phi) is 6.15. The highest BCUT2D eigenvalue weighted by Gasteiger charge is 2.12. The molecule has 3 nitrogen and oxygen atoms in total. The van der Waals surface area contributed by atoms with Crippen LogP contribution in [0.2, 0.25) is 0 Å². The van der Waals surface area contributed by atoms with Crippen LogP contribution in [-0.4, -0.2) is 32.8 Å². The molecule has 13 heavy (non-hydrogen) atoms. The number of hydrogen-bond donors (Lipinski definition) is 2. The van der Waals surface area contributed by atoms with Crippen molar-refractivity contribution in [1.29, 1.82) is 0 Å². The van der Waals surface area contributed by atoms with Gasteiger partial charge in [-0.3, -0.25) is 0 Å². The van der Waals surface area contributed by atoms with Crippen molar-refractivity contribution in [3.63, 3.8) is 0 Å². The van der Waals surface area contributed by atoms with Gasteiger partial charge in [0, 0.05) is 13.2 Å². The maximum atomic E-state index is 5.59. The Morgan fingerprint density at radius 2 is 2.00 bits per heavy atom. The third-order valence-corrected chi connectivity index (χ3v) is 2.56. The average molecular weight is 186 g/mol. The summed E-state index contributed by atoms with van der Waals surface area (Å²) in [5, 5.41) is 3.35. The second-order valence-electron chi connectivity index (χ2n) is 3.76. The molecule has 78 valence electrons. The van der Waals surface area contributed by atoms with Gasteiger partial charge in [-0.05, 0) is 51.2 Å². The number of nitrogens with two attached hydrogens (primary N) is 1. The average Bonchev–Trinajstić information content (AvgIpc) is 2.19. The lowest BCUT2D eigenvalue weighted by Crippen LogP contribution is -2.30. The molecule has 0 aromatic carbocycles. The molecule has 1 aliphatic rings. The summed E-state index contributed by atoms with van der Waals surface area (Å²) in [6, 6.07) is 0. The molecule has 0 aromatic rings. The van der Waals surface area contributed by atoms with Gasteiger partial charge in [-0.25, -0.2) is 0 Å². The molecule has 1 heterocycles. The zero-order valence-electron chi connectivity index (χ0n) is 8.43. The number of ether oxygens (including phenoxy) is 1. The first-order valence-electron chi connectivity index (χ1n) is 5.42. The summed E-state index contributed by atoms with van der Waals surface area (Å²) in [7, 11) is 0. The summed E-state index contributed by atoms with van der Waals surface area (Å²) < 4.78 is 5.59. The van der Waals surface area contributed by atoms with Gasteiger partial charge < -0.3 is 15.8 Å². The van der Waals surface area contributed by atoms with Gasteiger partial charge in [-0.2, -0.15) is 0 Å². The molecule has 1 rings (SSSR count). The second-order valence-corrected chi connectivity index (χ2v) is 3.76. The molecule has 0 atom stereocenters. The third-order valence-electron chi connectivity index (χ3n) is 2.56.